The van der Waals surface area contributed by atoms with Gasteiger partial charge in [-0.25, -0.2) is 9.97 Å². The molecule has 8 nitrogen and oxygen atoms in total. The van der Waals surface area contributed by atoms with Crippen molar-refractivity contribution in [1.82, 2.24) is 20.8 Å². The van der Waals surface area contributed by atoms with Gasteiger partial charge in [-0.15, -0.1) is 5.48 Å². The Hall–Kier alpha value is -2.61. The van der Waals surface area contributed by atoms with Crippen LogP contribution in [0.3, 0.4) is 0 Å². The number of hydrogen-bond donors (Lipinski definition) is 3. The summed E-state index contributed by atoms with van der Waals surface area (Å²) in [7, 11) is 0. The van der Waals surface area contributed by atoms with Gasteiger partial charge in [-0.1, -0.05) is 6.92 Å². The SMILES string of the molecule is CCC1=CC(CNC(=O)c2c(C)oc3ncnc(NC4(C)CC4)c23)NO1. The number of furan rings is 1. The number of nitrogens with one attached hydrogen (secondary N) is 3. The molecule has 0 spiro atoms. The minimum atomic E-state index is -0.208. The van der Waals surface area contributed by atoms with E-state index in [1.54, 1.807) is 6.92 Å². The van der Waals surface area contributed by atoms with Crippen LogP contribution in [0.25, 0.3) is 11.1 Å². The van der Waals surface area contributed by atoms with Crippen LogP contribution in [0.1, 0.15) is 49.2 Å². The van der Waals surface area contributed by atoms with E-state index in [2.05, 4.69) is 33.0 Å². The number of carbonyl (C=O) groups is 1. The third-order valence-electron chi connectivity index (χ3n) is 4.87. The number of nitrogens with zero attached hydrogens (tertiary/aromatic N) is 2. The van der Waals surface area contributed by atoms with Gasteiger partial charge >= 0.3 is 0 Å². The summed E-state index contributed by atoms with van der Waals surface area (Å²) in [5.41, 5.74) is 3.83. The van der Waals surface area contributed by atoms with Crippen LogP contribution in [0.15, 0.2) is 22.6 Å². The van der Waals surface area contributed by atoms with Crippen molar-refractivity contribution < 1.29 is 14.0 Å². The van der Waals surface area contributed by atoms with E-state index in [1.165, 1.54) is 6.33 Å². The summed E-state index contributed by atoms with van der Waals surface area (Å²) in [6.45, 7) is 6.34. The standard InChI is InChI=1S/C18H23N5O3/c1-4-12-7-11(23-26-12)8-19-16(24)13-10(2)25-17-14(13)15(20-9-21-17)22-18(3)5-6-18/h7,9,11,23H,4-6,8H2,1-3H3,(H,19,24)(H,20,21,22). The second-order valence-corrected chi connectivity index (χ2v) is 7.14. The number of carbonyl (C=O) groups excluding carboxylic acids is 1. The van der Waals surface area contributed by atoms with E-state index in [-0.39, 0.29) is 17.5 Å². The average molecular weight is 357 g/mol. The van der Waals surface area contributed by atoms with Crippen molar-refractivity contribution in [3.8, 4) is 0 Å². The van der Waals surface area contributed by atoms with Crippen LogP contribution in [0.5, 0.6) is 0 Å². The zero-order valence-electron chi connectivity index (χ0n) is 15.2. The number of hydroxylamine groups is 1. The molecule has 0 aromatic carbocycles. The number of allylic oxidation sites excluding steroid dienone is 1. The maximum absolute atomic E-state index is 12.8. The first-order valence-electron chi connectivity index (χ1n) is 8.92. The van der Waals surface area contributed by atoms with Gasteiger partial charge in [-0.05, 0) is 32.8 Å². The molecule has 1 fully saturated rings. The molecule has 0 saturated heterocycles. The summed E-state index contributed by atoms with van der Waals surface area (Å²) < 4.78 is 5.70. The van der Waals surface area contributed by atoms with Gasteiger partial charge in [0, 0.05) is 18.5 Å². The zero-order valence-corrected chi connectivity index (χ0v) is 15.2. The highest BCUT2D eigenvalue weighted by molar-refractivity contribution is 6.10. The third kappa shape index (κ3) is 3.12. The lowest BCUT2D eigenvalue weighted by Crippen LogP contribution is -2.37. The van der Waals surface area contributed by atoms with Crippen molar-refractivity contribution in [2.45, 2.75) is 51.6 Å². The van der Waals surface area contributed by atoms with E-state index < -0.39 is 0 Å². The molecule has 1 unspecified atom stereocenters. The molecule has 138 valence electrons. The molecule has 1 amide bonds. The minimum Gasteiger partial charge on any atom is -0.442 e. The molecular weight excluding hydrogens is 334 g/mol. The summed E-state index contributed by atoms with van der Waals surface area (Å²) in [4.78, 5) is 26.7. The molecule has 3 N–H and O–H groups in total. The predicted molar refractivity (Wildman–Crippen MR) is 96.5 cm³/mol. The Kier molecular flexibility index (Phi) is 4.07. The van der Waals surface area contributed by atoms with Crippen molar-refractivity contribution in [2.75, 3.05) is 11.9 Å². The van der Waals surface area contributed by atoms with E-state index in [4.69, 9.17) is 9.25 Å². The molecule has 4 rings (SSSR count). The Morgan fingerprint density at radius 1 is 1.42 bits per heavy atom. The summed E-state index contributed by atoms with van der Waals surface area (Å²) in [6.07, 6.45) is 6.41. The molecule has 1 saturated carbocycles. The predicted octanol–water partition coefficient (Wildman–Crippen LogP) is 2.42. The Balaban J connectivity index is 1.58. The molecule has 0 radical (unpaired) electrons. The average Bonchev–Trinajstić information content (AvgIpc) is 3.05. The van der Waals surface area contributed by atoms with Crippen LogP contribution in [0, 0.1) is 6.92 Å². The normalized spacial score (nSPS) is 20.6. The van der Waals surface area contributed by atoms with Gasteiger partial charge < -0.3 is 19.9 Å². The van der Waals surface area contributed by atoms with Crippen LogP contribution in [-0.2, 0) is 4.84 Å². The Labute approximate surface area is 151 Å². The van der Waals surface area contributed by atoms with E-state index >= 15 is 0 Å². The molecule has 1 aliphatic heterocycles. The van der Waals surface area contributed by atoms with E-state index in [9.17, 15) is 4.79 Å². The maximum atomic E-state index is 12.8. The van der Waals surface area contributed by atoms with Crippen LogP contribution < -0.4 is 16.1 Å². The summed E-state index contributed by atoms with van der Waals surface area (Å²) >= 11 is 0. The van der Waals surface area contributed by atoms with Crippen LogP contribution in [-0.4, -0.2) is 34.0 Å². The molecule has 8 heteroatoms. The summed E-state index contributed by atoms with van der Waals surface area (Å²) in [6, 6.07) is -0.0495. The highest BCUT2D eigenvalue weighted by atomic mass is 16.7. The number of aryl methyl sites for hydroxylation is 1. The molecule has 26 heavy (non-hydrogen) atoms. The van der Waals surface area contributed by atoms with Gasteiger partial charge in [0.1, 0.15) is 23.7 Å². The minimum absolute atomic E-state index is 0.0344. The monoisotopic (exact) mass is 357 g/mol. The third-order valence-corrected chi connectivity index (χ3v) is 4.87. The molecule has 2 aromatic heterocycles. The smallest absolute Gasteiger partial charge is 0.255 e. The molecule has 3 heterocycles. The molecule has 0 bridgehead atoms. The van der Waals surface area contributed by atoms with Gasteiger partial charge in [0.05, 0.1) is 17.0 Å². The fraction of sp³-hybridized carbons (Fsp3) is 0.500. The highest BCUT2D eigenvalue weighted by Gasteiger charge is 2.38. The molecule has 1 atom stereocenters. The van der Waals surface area contributed by atoms with Crippen molar-refractivity contribution in [2.24, 2.45) is 0 Å². The Bertz CT molecular complexity index is 884. The first-order chi connectivity index (χ1) is 12.5. The number of hydrogen-bond acceptors (Lipinski definition) is 7. The molecule has 1 aliphatic carbocycles. The van der Waals surface area contributed by atoms with E-state index in [0.29, 0.717) is 34.8 Å². The van der Waals surface area contributed by atoms with E-state index in [0.717, 1.165) is 25.0 Å². The van der Waals surface area contributed by atoms with Crippen molar-refractivity contribution in [1.29, 1.82) is 0 Å². The van der Waals surface area contributed by atoms with Gasteiger partial charge in [0.15, 0.2) is 0 Å². The molecule has 2 aliphatic rings. The number of amides is 1. The second-order valence-electron chi connectivity index (χ2n) is 7.14. The first-order valence-corrected chi connectivity index (χ1v) is 8.92. The van der Waals surface area contributed by atoms with Crippen molar-refractivity contribution >= 4 is 22.8 Å². The number of anilines is 1. The zero-order chi connectivity index (χ0) is 18.3. The number of rotatable bonds is 6. The lowest BCUT2D eigenvalue weighted by atomic mass is 10.1. The first kappa shape index (κ1) is 16.8. The number of fused-ring (bicyclic) bond motifs is 1. The quantitative estimate of drug-likeness (QED) is 0.730. The van der Waals surface area contributed by atoms with Gasteiger partial charge in [0.25, 0.3) is 5.91 Å². The van der Waals surface area contributed by atoms with Gasteiger partial charge in [-0.3, -0.25) is 4.79 Å². The largest absolute Gasteiger partial charge is 0.442 e. The van der Waals surface area contributed by atoms with Crippen LogP contribution in [0.2, 0.25) is 0 Å². The lowest BCUT2D eigenvalue weighted by Gasteiger charge is -2.13. The fourth-order valence-electron chi connectivity index (χ4n) is 3.04. The fourth-order valence-corrected chi connectivity index (χ4v) is 3.04. The maximum Gasteiger partial charge on any atom is 0.255 e. The van der Waals surface area contributed by atoms with Crippen LogP contribution in [0.4, 0.5) is 5.82 Å². The van der Waals surface area contributed by atoms with Gasteiger partial charge in [-0.2, -0.15) is 0 Å². The topological polar surface area (TPSA) is 101 Å². The van der Waals surface area contributed by atoms with Gasteiger partial charge in [0.2, 0.25) is 5.71 Å². The number of aromatic nitrogens is 2. The van der Waals surface area contributed by atoms with Crippen LogP contribution >= 0.6 is 0 Å². The lowest BCUT2D eigenvalue weighted by molar-refractivity contribution is 0.0918. The molecular formula is C18H23N5O3. The Morgan fingerprint density at radius 2 is 2.23 bits per heavy atom. The van der Waals surface area contributed by atoms with E-state index in [1.807, 2.05) is 13.0 Å². The highest BCUT2D eigenvalue weighted by Crippen LogP contribution is 2.40. The second kappa shape index (κ2) is 6.28. The van der Waals surface area contributed by atoms with Crippen molar-refractivity contribution in [3.05, 3.63) is 29.5 Å². The van der Waals surface area contributed by atoms with Crippen molar-refractivity contribution in [3.63, 3.8) is 0 Å². The summed E-state index contributed by atoms with van der Waals surface area (Å²) in [5, 5.41) is 7.00. The Morgan fingerprint density at radius 3 is 2.92 bits per heavy atom. The molecule has 2 aromatic rings. The summed E-state index contributed by atoms with van der Waals surface area (Å²) in [5.74, 6) is 1.85.